The summed E-state index contributed by atoms with van der Waals surface area (Å²) in [6.45, 7) is -2.89. The van der Waals surface area contributed by atoms with Gasteiger partial charge in [0.1, 0.15) is 5.75 Å². The first-order valence-electron chi connectivity index (χ1n) is 10.7. The predicted octanol–water partition coefficient (Wildman–Crippen LogP) is 6.31. The topological polar surface area (TPSA) is 68.5 Å². The highest BCUT2D eigenvalue weighted by Crippen LogP contribution is 2.43. The van der Waals surface area contributed by atoms with E-state index in [1.165, 1.54) is 12.1 Å². The summed E-state index contributed by atoms with van der Waals surface area (Å²) in [5, 5.41) is 8.28. The number of para-hydroxylation sites is 1. The van der Waals surface area contributed by atoms with E-state index < -0.39 is 6.61 Å². The maximum Gasteiger partial charge on any atom is 0.387 e. The Bertz CT molecular complexity index is 1300. The molecule has 1 aliphatic heterocycles. The smallest absolute Gasteiger partial charge is 0.387 e. The summed E-state index contributed by atoms with van der Waals surface area (Å²) in [6, 6.07) is 23.7. The number of amides is 1. The molecule has 6 nitrogen and oxygen atoms in total. The van der Waals surface area contributed by atoms with Crippen LogP contribution in [0.25, 0.3) is 11.5 Å². The largest absolute Gasteiger partial charge is 0.435 e. The minimum absolute atomic E-state index is 0.0383. The van der Waals surface area contributed by atoms with Crippen molar-refractivity contribution in [3.63, 3.8) is 0 Å². The Morgan fingerprint density at radius 1 is 1.06 bits per heavy atom. The SMILES string of the molecule is O=C(CSc1nnc(-c2ccc(OC(F)F)cc2)o1)N1c2ccccc2SC[C@H]1c1ccccc1. The van der Waals surface area contributed by atoms with Crippen LogP contribution in [-0.2, 0) is 4.79 Å². The zero-order valence-corrected chi connectivity index (χ0v) is 19.8. The number of carbonyl (C=O) groups is 1. The van der Waals surface area contributed by atoms with Crippen LogP contribution < -0.4 is 9.64 Å². The molecule has 0 saturated heterocycles. The summed E-state index contributed by atoms with van der Waals surface area (Å²) in [6.07, 6.45) is 0. The standard InChI is InChI=1S/C25H19F2N3O3S2/c26-24(27)32-18-12-10-17(11-13-18)23-28-29-25(33-23)35-15-22(31)30-19-8-4-5-9-21(19)34-14-20(30)16-6-2-1-3-7-16/h1-13,20,24H,14-15H2/t20-/m0/s1. The van der Waals surface area contributed by atoms with Crippen molar-refractivity contribution < 1.29 is 22.7 Å². The maximum absolute atomic E-state index is 13.5. The Labute approximate surface area is 208 Å². The van der Waals surface area contributed by atoms with E-state index in [4.69, 9.17) is 4.42 Å². The molecule has 0 radical (unpaired) electrons. The molecule has 3 aromatic carbocycles. The van der Waals surface area contributed by atoms with Gasteiger partial charge < -0.3 is 14.1 Å². The summed E-state index contributed by atoms with van der Waals surface area (Å²) in [4.78, 5) is 16.4. The first kappa shape index (κ1) is 23.4. The molecule has 5 rings (SSSR count). The van der Waals surface area contributed by atoms with Gasteiger partial charge in [0, 0.05) is 16.2 Å². The Morgan fingerprint density at radius 3 is 2.57 bits per heavy atom. The fraction of sp³-hybridized carbons (Fsp3) is 0.160. The van der Waals surface area contributed by atoms with E-state index in [9.17, 15) is 13.6 Å². The molecule has 4 aromatic rings. The molecular formula is C25H19F2N3O3S2. The quantitative estimate of drug-likeness (QED) is 0.269. The van der Waals surface area contributed by atoms with Crippen molar-refractivity contribution in [3.05, 3.63) is 84.4 Å². The highest BCUT2D eigenvalue weighted by atomic mass is 32.2. The molecule has 2 heterocycles. The van der Waals surface area contributed by atoms with Gasteiger partial charge >= 0.3 is 6.61 Å². The summed E-state index contributed by atoms with van der Waals surface area (Å²) in [5.41, 5.74) is 2.52. The number of hydrogen-bond acceptors (Lipinski definition) is 7. The number of benzene rings is 3. The third kappa shape index (κ3) is 5.33. The van der Waals surface area contributed by atoms with E-state index in [1.807, 2.05) is 59.5 Å². The molecule has 0 aliphatic carbocycles. The third-order valence-corrected chi connectivity index (χ3v) is 7.28. The number of ether oxygens (including phenoxy) is 1. The molecule has 1 atom stereocenters. The van der Waals surface area contributed by atoms with E-state index in [1.54, 1.807) is 23.9 Å². The van der Waals surface area contributed by atoms with E-state index in [-0.39, 0.29) is 34.6 Å². The average molecular weight is 512 g/mol. The summed E-state index contributed by atoms with van der Waals surface area (Å²) >= 11 is 2.90. The van der Waals surface area contributed by atoms with E-state index in [0.717, 1.165) is 33.7 Å². The van der Waals surface area contributed by atoms with Gasteiger partial charge in [0.2, 0.25) is 11.8 Å². The number of rotatable bonds is 7. The lowest BCUT2D eigenvalue weighted by atomic mass is 10.1. The number of alkyl halides is 2. The molecule has 178 valence electrons. The number of hydrogen-bond donors (Lipinski definition) is 0. The van der Waals surface area contributed by atoms with Crippen LogP contribution in [0.4, 0.5) is 14.5 Å². The number of halogens is 2. The highest BCUT2D eigenvalue weighted by molar-refractivity contribution is 8.00. The Hall–Kier alpha value is -3.37. The van der Waals surface area contributed by atoms with E-state index in [2.05, 4.69) is 14.9 Å². The van der Waals surface area contributed by atoms with Crippen molar-refractivity contribution in [2.45, 2.75) is 22.8 Å². The second-order valence-corrected chi connectivity index (χ2v) is 9.52. The zero-order chi connectivity index (χ0) is 24.2. The average Bonchev–Trinajstić information content (AvgIpc) is 3.36. The van der Waals surface area contributed by atoms with Crippen LogP contribution in [0.15, 0.2) is 93.4 Å². The number of thioether (sulfide) groups is 2. The van der Waals surface area contributed by atoms with Crippen LogP contribution >= 0.6 is 23.5 Å². The molecule has 35 heavy (non-hydrogen) atoms. The first-order valence-corrected chi connectivity index (χ1v) is 12.7. The molecule has 10 heteroatoms. The molecule has 0 N–H and O–H groups in total. The number of nitrogens with zero attached hydrogens (tertiary/aromatic N) is 3. The molecule has 0 saturated carbocycles. The zero-order valence-electron chi connectivity index (χ0n) is 18.2. The summed E-state index contributed by atoms with van der Waals surface area (Å²) in [5.74, 6) is 1.07. The maximum atomic E-state index is 13.5. The lowest BCUT2D eigenvalue weighted by Crippen LogP contribution is -2.39. The number of aromatic nitrogens is 2. The van der Waals surface area contributed by atoms with E-state index in [0.29, 0.717) is 5.56 Å². The molecule has 1 amide bonds. The minimum Gasteiger partial charge on any atom is -0.435 e. The number of anilines is 1. The fourth-order valence-corrected chi connectivity index (χ4v) is 5.57. The second kappa shape index (κ2) is 10.5. The molecular weight excluding hydrogens is 492 g/mol. The summed E-state index contributed by atoms with van der Waals surface area (Å²) < 4.78 is 34.7. The van der Waals surface area contributed by atoms with Gasteiger partial charge in [0.25, 0.3) is 5.22 Å². The van der Waals surface area contributed by atoms with Crippen LogP contribution in [0.5, 0.6) is 5.75 Å². The Kier molecular flexibility index (Phi) is 7.01. The molecule has 0 unspecified atom stereocenters. The summed E-state index contributed by atoms with van der Waals surface area (Å²) in [7, 11) is 0. The Morgan fingerprint density at radius 2 is 1.80 bits per heavy atom. The van der Waals surface area contributed by atoms with Gasteiger partial charge in [-0.15, -0.1) is 22.0 Å². The van der Waals surface area contributed by atoms with Crippen LogP contribution in [-0.4, -0.2) is 34.2 Å². The van der Waals surface area contributed by atoms with Gasteiger partial charge in [-0.3, -0.25) is 4.79 Å². The molecule has 1 aliphatic rings. The van der Waals surface area contributed by atoms with Gasteiger partial charge in [-0.25, -0.2) is 0 Å². The lowest BCUT2D eigenvalue weighted by Gasteiger charge is -2.37. The van der Waals surface area contributed by atoms with Crippen LogP contribution in [0, 0.1) is 0 Å². The predicted molar refractivity (Wildman–Crippen MR) is 131 cm³/mol. The Balaban J connectivity index is 1.31. The monoisotopic (exact) mass is 511 g/mol. The van der Waals surface area contributed by atoms with Crippen LogP contribution in [0.3, 0.4) is 0 Å². The van der Waals surface area contributed by atoms with Gasteiger partial charge in [-0.2, -0.15) is 8.78 Å². The highest BCUT2D eigenvalue weighted by Gasteiger charge is 2.32. The van der Waals surface area contributed by atoms with Crippen molar-refractivity contribution in [3.8, 4) is 17.2 Å². The van der Waals surface area contributed by atoms with Crippen LogP contribution in [0.1, 0.15) is 11.6 Å². The van der Waals surface area contributed by atoms with E-state index >= 15 is 0 Å². The number of carbonyl (C=O) groups excluding carboxylic acids is 1. The third-order valence-electron chi connectivity index (χ3n) is 5.34. The van der Waals surface area contributed by atoms with Crippen molar-refractivity contribution in [1.82, 2.24) is 10.2 Å². The minimum atomic E-state index is -2.89. The van der Waals surface area contributed by atoms with Crippen molar-refractivity contribution in [1.29, 1.82) is 0 Å². The van der Waals surface area contributed by atoms with Gasteiger partial charge in [-0.05, 0) is 42.0 Å². The van der Waals surface area contributed by atoms with Crippen molar-refractivity contribution >= 4 is 35.1 Å². The fourth-order valence-electron chi connectivity index (χ4n) is 3.77. The number of fused-ring (bicyclic) bond motifs is 1. The first-order chi connectivity index (χ1) is 17.1. The molecule has 0 fully saturated rings. The normalized spacial score (nSPS) is 15.2. The van der Waals surface area contributed by atoms with Crippen LogP contribution in [0.2, 0.25) is 0 Å². The van der Waals surface area contributed by atoms with Crippen molar-refractivity contribution in [2.75, 3.05) is 16.4 Å². The molecule has 0 spiro atoms. The second-order valence-electron chi connectivity index (χ2n) is 7.53. The van der Waals surface area contributed by atoms with Gasteiger partial charge in [0.15, 0.2) is 0 Å². The lowest BCUT2D eigenvalue weighted by molar-refractivity contribution is -0.116. The van der Waals surface area contributed by atoms with Crippen molar-refractivity contribution in [2.24, 2.45) is 0 Å². The van der Waals surface area contributed by atoms with Gasteiger partial charge in [0.05, 0.1) is 17.5 Å². The molecule has 1 aromatic heterocycles. The molecule has 0 bridgehead atoms. The van der Waals surface area contributed by atoms with Gasteiger partial charge in [-0.1, -0.05) is 54.2 Å².